The number of primary amides is 1. The number of amides is 1. The highest BCUT2D eigenvalue weighted by molar-refractivity contribution is 5.80. The molecule has 3 unspecified atom stereocenters. The van der Waals surface area contributed by atoms with Crippen molar-refractivity contribution in [2.24, 2.45) is 11.7 Å². The van der Waals surface area contributed by atoms with E-state index in [1.54, 1.807) is 28.4 Å². The number of methoxy groups -OCH3 is 4. The molecule has 3 rings (SSSR count). The molecule has 0 fully saturated rings. The fourth-order valence-corrected chi connectivity index (χ4v) is 4.83. The fraction of sp³-hybridized carbons (Fsp3) is 0.500. The third kappa shape index (κ3) is 5.03. The van der Waals surface area contributed by atoms with Gasteiger partial charge in [0, 0.05) is 12.6 Å². The quantitative estimate of drug-likeness (QED) is 0.586. The zero-order valence-electron chi connectivity index (χ0n) is 20.5. The molecule has 1 aliphatic heterocycles. The highest BCUT2D eigenvalue weighted by Gasteiger charge is 2.38. The number of hydrogen-bond acceptors (Lipinski definition) is 6. The summed E-state index contributed by atoms with van der Waals surface area (Å²) >= 11 is 0. The lowest BCUT2D eigenvalue weighted by molar-refractivity contribution is -0.126. The van der Waals surface area contributed by atoms with Crippen LogP contribution in [0.25, 0.3) is 0 Å². The smallest absolute Gasteiger partial charge is 0.235 e. The van der Waals surface area contributed by atoms with Gasteiger partial charge in [0.25, 0.3) is 0 Å². The van der Waals surface area contributed by atoms with Crippen molar-refractivity contribution >= 4 is 5.91 Å². The van der Waals surface area contributed by atoms with Crippen LogP contribution in [0.1, 0.15) is 43.0 Å². The van der Waals surface area contributed by atoms with Gasteiger partial charge < -0.3 is 24.7 Å². The Hall–Kier alpha value is -2.93. The Morgan fingerprint density at radius 2 is 1.61 bits per heavy atom. The maximum atomic E-state index is 12.6. The molecule has 0 saturated carbocycles. The molecular weight excluding hydrogens is 420 g/mol. The number of nitrogens with two attached hydrogens (primary N) is 1. The predicted octanol–water partition coefficient (Wildman–Crippen LogP) is 3.76. The highest BCUT2D eigenvalue weighted by atomic mass is 16.5. The van der Waals surface area contributed by atoms with Crippen molar-refractivity contribution in [2.75, 3.05) is 35.0 Å². The molecule has 33 heavy (non-hydrogen) atoms. The molecule has 0 saturated heterocycles. The second-order valence-electron chi connectivity index (χ2n) is 8.54. The third-order valence-electron chi connectivity index (χ3n) is 6.75. The lowest BCUT2D eigenvalue weighted by Crippen LogP contribution is -2.52. The summed E-state index contributed by atoms with van der Waals surface area (Å²) in [5.41, 5.74) is 9.35. The molecule has 2 aromatic carbocycles. The molecule has 180 valence electrons. The first-order valence-electron chi connectivity index (χ1n) is 11.4. The molecule has 3 atom stereocenters. The Morgan fingerprint density at radius 1 is 1.00 bits per heavy atom. The van der Waals surface area contributed by atoms with Crippen molar-refractivity contribution in [3.63, 3.8) is 0 Å². The third-order valence-corrected chi connectivity index (χ3v) is 6.75. The molecule has 7 nitrogen and oxygen atoms in total. The van der Waals surface area contributed by atoms with Gasteiger partial charge in [0.2, 0.25) is 5.91 Å². The topological polar surface area (TPSA) is 83.3 Å². The first kappa shape index (κ1) is 24.7. The number of hydrogen-bond donors (Lipinski definition) is 1. The van der Waals surface area contributed by atoms with E-state index >= 15 is 0 Å². The molecule has 2 N–H and O–H groups in total. The van der Waals surface area contributed by atoms with E-state index in [1.807, 2.05) is 24.3 Å². The Balaban J connectivity index is 2.11. The second-order valence-corrected chi connectivity index (χ2v) is 8.54. The Labute approximate surface area is 196 Å². The van der Waals surface area contributed by atoms with Crippen LogP contribution in [0.5, 0.6) is 23.0 Å². The van der Waals surface area contributed by atoms with Crippen molar-refractivity contribution in [1.29, 1.82) is 0 Å². The molecule has 0 bridgehead atoms. The fourth-order valence-electron chi connectivity index (χ4n) is 4.83. The number of rotatable bonds is 10. The van der Waals surface area contributed by atoms with Crippen LogP contribution in [0.2, 0.25) is 0 Å². The molecule has 1 heterocycles. The maximum Gasteiger partial charge on any atom is 0.235 e. The van der Waals surface area contributed by atoms with Crippen LogP contribution in [0, 0.1) is 5.92 Å². The number of fused-ring (bicyclic) bond motifs is 1. The summed E-state index contributed by atoms with van der Waals surface area (Å²) in [5, 5.41) is 0. The standard InChI is InChI=1S/C26H36N2O5/c1-7-16(2)25(26(27)29)28-11-10-18-14-23(32-5)24(33-6)15-19(18)20(28)12-17-8-9-21(30-3)22(13-17)31-4/h8-9,13-16,20,25H,7,10-12H2,1-6H3,(H2,27,29). The summed E-state index contributed by atoms with van der Waals surface area (Å²) in [6.45, 7) is 4.92. The van der Waals surface area contributed by atoms with Crippen LogP contribution in [0.15, 0.2) is 30.3 Å². The Bertz CT molecular complexity index is 977. The van der Waals surface area contributed by atoms with Gasteiger partial charge in [-0.15, -0.1) is 0 Å². The van der Waals surface area contributed by atoms with E-state index in [1.165, 1.54) is 5.56 Å². The second kappa shape index (κ2) is 10.8. The van der Waals surface area contributed by atoms with E-state index in [0.29, 0.717) is 29.4 Å². The van der Waals surface area contributed by atoms with Gasteiger partial charge >= 0.3 is 0 Å². The van der Waals surface area contributed by atoms with Gasteiger partial charge in [-0.3, -0.25) is 9.69 Å². The van der Waals surface area contributed by atoms with Crippen molar-refractivity contribution in [3.05, 3.63) is 47.0 Å². The monoisotopic (exact) mass is 456 g/mol. The predicted molar refractivity (Wildman–Crippen MR) is 128 cm³/mol. The SMILES string of the molecule is CCC(C)C(C(N)=O)N1CCc2cc(OC)c(OC)cc2C1Cc1ccc(OC)c(OC)c1. The summed E-state index contributed by atoms with van der Waals surface area (Å²) in [6.07, 6.45) is 2.35. The minimum absolute atomic E-state index is 0.0573. The average molecular weight is 457 g/mol. The van der Waals surface area contributed by atoms with Crippen molar-refractivity contribution in [3.8, 4) is 23.0 Å². The molecule has 0 radical (unpaired) electrons. The van der Waals surface area contributed by atoms with E-state index in [9.17, 15) is 4.79 Å². The first-order valence-corrected chi connectivity index (χ1v) is 11.4. The van der Waals surface area contributed by atoms with Crippen LogP contribution >= 0.6 is 0 Å². The molecule has 1 aliphatic rings. The Morgan fingerprint density at radius 3 is 2.18 bits per heavy atom. The van der Waals surface area contributed by atoms with E-state index in [0.717, 1.165) is 30.5 Å². The van der Waals surface area contributed by atoms with E-state index in [2.05, 4.69) is 24.8 Å². The zero-order chi connectivity index (χ0) is 24.1. The summed E-state index contributed by atoms with van der Waals surface area (Å²) in [4.78, 5) is 14.9. The van der Waals surface area contributed by atoms with E-state index in [-0.39, 0.29) is 23.9 Å². The molecule has 0 aliphatic carbocycles. The largest absolute Gasteiger partial charge is 0.493 e. The molecule has 2 aromatic rings. The van der Waals surface area contributed by atoms with E-state index in [4.69, 9.17) is 24.7 Å². The molecule has 0 aromatic heterocycles. The lowest BCUT2D eigenvalue weighted by atomic mass is 9.84. The van der Waals surface area contributed by atoms with Crippen LogP contribution in [-0.4, -0.2) is 51.8 Å². The van der Waals surface area contributed by atoms with Crippen molar-refractivity contribution < 1.29 is 23.7 Å². The van der Waals surface area contributed by atoms with Crippen LogP contribution in [-0.2, 0) is 17.6 Å². The van der Waals surface area contributed by atoms with E-state index < -0.39 is 0 Å². The first-order chi connectivity index (χ1) is 15.9. The van der Waals surface area contributed by atoms with Crippen molar-refractivity contribution in [2.45, 2.75) is 45.2 Å². The summed E-state index contributed by atoms with van der Waals surface area (Å²) in [7, 11) is 6.54. The van der Waals surface area contributed by atoms with Crippen LogP contribution < -0.4 is 24.7 Å². The van der Waals surface area contributed by atoms with Gasteiger partial charge in [-0.2, -0.15) is 0 Å². The van der Waals surface area contributed by atoms with Gasteiger partial charge in [-0.05, 0) is 59.7 Å². The van der Waals surface area contributed by atoms with Gasteiger partial charge in [-0.1, -0.05) is 26.3 Å². The summed E-state index contributed by atoms with van der Waals surface area (Å²) in [6, 6.07) is 9.62. The normalized spacial score (nSPS) is 17.6. The molecule has 1 amide bonds. The van der Waals surface area contributed by atoms with Crippen LogP contribution in [0.4, 0.5) is 0 Å². The minimum atomic E-state index is -0.360. The van der Waals surface area contributed by atoms with Crippen LogP contribution in [0.3, 0.4) is 0 Å². The number of carbonyl (C=O) groups excluding carboxylic acids is 1. The number of benzene rings is 2. The maximum absolute atomic E-state index is 12.6. The molecule has 0 spiro atoms. The zero-order valence-corrected chi connectivity index (χ0v) is 20.5. The summed E-state index contributed by atoms with van der Waals surface area (Å²) < 4.78 is 22.1. The number of nitrogens with zero attached hydrogens (tertiary/aromatic N) is 1. The van der Waals surface area contributed by atoms with Gasteiger partial charge in [0.15, 0.2) is 23.0 Å². The number of ether oxygens (including phenoxy) is 4. The van der Waals surface area contributed by atoms with Gasteiger partial charge in [0.05, 0.1) is 34.5 Å². The Kier molecular flexibility index (Phi) is 8.08. The summed E-state index contributed by atoms with van der Waals surface area (Å²) in [5.74, 6) is 2.60. The van der Waals surface area contributed by atoms with Gasteiger partial charge in [-0.25, -0.2) is 0 Å². The van der Waals surface area contributed by atoms with Crippen molar-refractivity contribution in [1.82, 2.24) is 4.90 Å². The average Bonchev–Trinajstić information content (AvgIpc) is 2.83. The molecular formula is C26H36N2O5. The van der Waals surface area contributed by atoms with Gasteiger partial charge in [0.1, 0.15) is 0 Å². The highest BCUT2D eigenvalue weighted by Crippen LogP contribution is 2.42. The minimum Gasteiger partial charge on any atom is -0.493 e. The lowest BCUT2D eigenvalue weighted by Gasteiger charge is -2.43. The molecule has 7 heteroatoms. The number of carbonyl (C=O) groups is 1.